The topological polar surface area (TPSA) is 9.23 Å². The molecule has 1 aliphatic carbocycles. The molecule has 0 radical (unpaired) electrons. The molecule has 2 aromatic rings. The lowest BCUT2D eigenvalue weighted by Crippen LogP contribution is -2.16. The average molecular weight is 474 g/mol. The minimum atomic E-state index is -4.65. The molecule has 1 saturated carbocycles. The second kappa shape index (κ2) is 8.63. The number of hydrogen-bond donors (Lipinski definition) is 0. The first-order valence-electron chi connectivity index (χ1n) is 8.98. The standard InChI is InChI=1S/C21H22F3IO/c22-21(23,24)26-20-13-9-18(10-14-20)17-7-3-15(4-8-17)1-2-16-5-11-19(25)12-6-16/h3-4,7-10,13-14,16,19H,1-2,5-6,11-12H2. The summed E-state index contributed by atoms with van der Waals surface area (Å²) in [6.07, 6.45) is 3.06. The second-order valence-electron chi connectivity index (χ2n) is 6.93. The Bertz CT molecular complexity index is 687. The SMILES string of the molecule is FC(F)(F)Oc1ccc(-c2ccc(CCC3CCC(I)CC3)cc2)cc1. The van der Waals surface area contributed by atoms with E-state index >= 15 is 0 Å². The summed E-state index contributed by atoms with van der Waals surface area (Å²) in [6.45, 7) is 0. The third kappa shape index (κ3) is 5.89. The van der Waals surface area contributed by atoms with Crippen molar-refractivity contribution in [1.29, 1.82) is 0 Å². The van der Waals surface area contributed by atoms with E-state index in [-0.39, 0.29) is 5.75 Å². The van der Waals surface area contributed by atoms with Gasteiger partial charge < -0.3 is 4.74 Å². The fourth-order valence-electron chi connectivity index (χ4n) is 3.49. The highest BCUT2D eigenvalue weighted by Gasteiger charge is 2.30. The molecule has 1 nitrogen and oxygen atoms in total. The Morgan fingerprint density at radius 2 is 1.38 bits per heavy atom. The number of benzene rings is 2. The van der Waals surface area contributed by atoms with Crippen LogP contribution < -0.4 is 4.74 Å². The zero-order valence-corrected chi connectivity index (χ0v) is 16.6. The zero-order valence-electron chi connectivity index (χ0n) is 14.4. The van der Waals surface area contributed by atoms with Crippen LogP contribution in [0.5, 0.6) is 5.75 Å². The molecule has 1 fully saturated rings. The molecule has 0 heterocycles. The molecule has 0 N–H and O–H groups in total. The van der Waals surface area contributed by atoms with E-state index in [1.807, 2.05) is 12.1 Å². The summed E-state index contributed by atoms with van der Waals surface area (Å²) in [7, 11) is 0. The highest BCUT2D eigenvalue weighted by molar-refractivity contribution is 14.1. The summed E-state index contributed by atoms with van der Waals surface area (Å²) in [5.41, 5.74) is 3.20. The highest BCUT2D eigenvalue weighted by Crippen LogP contribution is 2.32. The summed E-state index contributed by atoms with van der Waals surface area (Å²) < 4.78 is 41.4. The summed E-state index contributed by atoms with van der Waals surface area (Å²) in [6, 6.07) is 14.3. The largest absolute Gasteiger partial charge is 0.573 e. The molecule has 0 bridgehead atoms. The first-order valence-corrected chi connectivity index (χ1v) is 10.2. The maximum Gasteiger partial charge on any atom is 0.573 e. The van der Waals surface area contributed by atoms with E-state index in [1.54, 1.807) is 12.1 Å². The van der Waals surface area contributed by atoms with Gasteiger partial charge in [0, 0.05) is 3.92 Å². The lowest BCUT2D eigenvalue weighted by molar-refractivity contribution is -0.274. The van der Waals surface area contributed by atoms with Gasteiger partial charge in [0.25, 0.3) is 0 Å². The predicted molar refractivity (Wildman–Crippen MR) is 107 cm³/mol. The van der Waals surface area contributed by atoms with Crippen molar-refractivity contribution >= 4 is 22.6 Å². The first kappa shape index (κ1) is 19.5. The van der Waals surface area contributed by atoms with Crippen molar-refractivity contribution in [3.63, 3.8) is 0 Å². The quantitative estimate of drug-likeness (QED) is 0.330. The third-order valence-corrected chi connectivity index (χ3v) is 6.24. The normalized spacial score (nSPS) is 20.8. The molecule has 0 atom stereocenters. The average Bonchev–Trinajstić information content (AvgIpc) is 2.61. The van der Waals surface area contributed by atoms with Crippen LogP contribution in [0.1, 0.15) is 37.7 Å². The van der Waals surface area contributed by atoms with Gasteiger partial charge in [-0.05, 0) is 73.3 Å². The van der Waals surface area contributed by atoms with Gasteiger partial charge in [-0.15, -0.1) is 13.2 Å². The number of hydrogen-bond acceptors (Lipinski definition) is 1. The number of ether oxygens (including phenoxy) is 1. The fraction of sp³-hybridized carbons (Fsp3) is 0.429. The van der Waals surface area contributed by atoms with E-state index in [1.165, 1.54) is 49.8 Å². The molecule has 0 unspecified atom stereocenters. The van der Waals surface area contributed by atoms with Gasteiger partial charge >= 0.3 is 6.36 Å². The van der Waals surface area contributed by atoms with Gasteiger partial charge in [-0.2, -0.15) is 0 Å². The van der Waals surface area contributed by atoms with Gasteiger partial charge in [0.05, 0.1) is 0 Å². The number of alkyl halides is 4. The number of halogens is 4. The van der Waals surface area contributed by atoms with Gasteiger partial charge in [0.15, 0.2) is 0 Å². The molecule has 0 aromatic heterocycles. The molecule has 3 rings (SSSR count). The van der Waals surface area contributed by atoms with E-state index in [0.29, 0.717) is 0 Å². The lowest BCUT2D eigenvalue weighted by Gasteiger charge is -2.25. The van der Waals surface area contributed by atoms with E-state index in [4.69, 9.17) is 0 Å². The molecule has 0 saturated heterocycles. The zero-order chi connectivity index (χ0) is 18.6. The Hall–Kier alpha value is -1.24. The van der Waals surface area contributed by atoms with Crippen LogP contribution in [0.15, 0.2) is 48.5 Å². The lowest BCUT2D eigenvalue weighted by atomic mass is 9.85. The van der Waals surface area contributed by atoms with Gasteiger partial charge in [0.2, 0.25) is 0 Å². The Kier molecular flexibility index (Phi) is 6.48. The molecule has 0 spiro atoms. The maximum absolute atomic E-state index is 12.2. The van der Waals surface area contributed by atoms with Crippen molar-refractivity contribution < 1.29 is 17.9 Å². The molecule has 0 aliphatic heterocycles. The summed E-state index contributed by atoms with van der Waals surface area (Å²) >= 11 is 2.56. The van der Waals surface area contributed by atoms with Crippen LogP contribution in [0.3, 0.4) is 0 Å². The molecular weight excluding hydrogens is 452 g/mol. The third-order valence-electron chi connectivity index (χ3n) is 4.99. The number of rotatable bonds is 5. The van der Waals surface area contributed by atoms with E-state index in [0.717, 1.165) is 27.4 Å². The molecule has 26 heavy (non-hydrogen) atoms. The molecule has 5 heteroatoms. The summed E-state index contributed by atoms with van der Waals surface area (Å²) in [5.74, 6) is 0.654. The predicted octanol–water partition coefficient (Wildman–Crippen LogP) is 7.18. The molecular formula is C21H22F3IO. The van der Waals surface area contributed by atoms with Crippen LogP contribution in [-0.4, -0.2) is 10.3 Å². The van der Waals surface area contributed by atoms with Crippen LogP contribution in [-0.2, 0) is 6.42 Å². The monoisotopic (exact) mass is 474 g/mol. The van der Waals surface area contributed by atoms with E-state index in [2.05, 4.69) is 39.5 Å². The van der Waals surface area contributed by atoms with Crippen LogP contribution >= 0.6 is 22.6 Å². The molecule has 140 valence electrons. The Labute approximate surface area is 166 Å². The van der Waals surface area contributed by atoms with Crippen LogP contribution in [0, 0.1) is 5.92 Å². The second-order valence-corrected chi connectivity index (χ2v) is 8.69. The first-order chi connectivity index (χ1) is 12.4. The van der Waals surface area contributed by atoms with Crippen molar-refractivity contribution in [3.8, 4) is 16.9 Å². The Balaban J connectivity index is 1.55. The highest BCUT2D eigenvalue weighted by atomic mass is 127. The fourth-order valence-corrected chi connectivity index (χ4v) is 4.21. The molecule has 2 aromatic carbocycles. The van der Waals surface area contributed by atoms with Gasteiger partial charge in [-0.3, -0.25) is 0 Å². The van der Waals surface area contributed by atoms with Crippen molar-refractivity contribution in [2.75, 3.05) is 0 Å². The van der Waals surface area contributed by atoms with Gasteiger partial charge in [-0.25, -0.2) is 0 Å². The maximum atomic E-state index is 12.2. The van der Waals surface area contributed by atoms with Crippen molar-refractivity contribution in [3.05, 3.63) is 54.1 Å². The van der Waals surface area contributed by atoms with Gasteiger partial charge in [-0.1, -0.05) is 59.0 Å². The minimum Gasteiger partial charge on any atom is -0.406 e. The van der Waals surface area contributed by atoms with E-state index < -0.39 is 6.36 Å². The van der Waals surface area contributed by atoms with Gasteiger partial charge in [0.1, 0.15) is 5.75 Å². The Morgan fingerprint density at radius 3 is 1.92 bits per heavy atom. The van der Waals surface area contributed by atoms with Crippen molar-refractivity contribution in [2.24, 2.45) is 5.92 Å². The minimum absolute atomic E-state index is 0.195. The smallest absolute Gasteiger partial charge is 0.406 e. The van der Waals surface area contributed by atoms with Crippen molar-refractivity contribution in [1.82, 2.24) is 0 Å². The summed E-state index contributed by atoms with van der Waals surface area (Å²) in [4.78, 5) is 0. The number of aryl methyl sites for hydroxylation is 1. The Morgan fingerprint density at radius 1 is 0.846 bits per heavy atom. The van der Waals surface area contributed by atoms with E-state index in [9.17, 15) is 13.2 Å². The molecule has 0 amide bonds. The summed E-state index contributed by atoms with van der Waals surface area (Å²) in [5, 5.41) is 0. The van der Waals surface area contributed by atoms with Crippen LogP contribution in [0.2, 0.25) is 0 Å². The van der Waals surface area contributed by atoms with Crippen LogP contribution in [0.25, 0.3) is 11.1 Å². The van der Waals surface area contributed by atoms with Crippen molar-refractivity contribution in [2.45, 2.75) is 48.8 Å². The van der Waals surface area contributed by atoms with Crippen LogP contribution in [0.4, 0.5) is 13.2 Å². The molecule has 1 aliphatic rings.